The lowest BCUT2D eigenvalue weighted by Crippen LogP contribution is -2.03. The van der Waals surface area contributed by atoms with Gasteiger partial charge in [-0.15, -0.1) is 0 Å². The number of carbonyl (C=O) groups excluding carboxylic acids is 1. The van der Waals surface area contributed by atoms with Crippen LogP contribution in [0.1, 0.15) is 5.82 Å². The lowest BCUT2D eigenvalue weighted by molar-refractivity contribution is -0.0979. The van der Waals surface area contributed by atoms with Crippen LogP contribution in [0.15, 0.2) is 0 Å². The van der Waals surface area contributed by atoms with E-state index in [-0.39, 0.29) is 11.9 Å². The van der Waals surface area contributed by atoms with E-state index in [0.29, 0.717) is 5.82 Å². The third kappa shape index (κ3) is 3.09. The summed E-state index contributed by atoms with van der Waals surface area (Å²) < 4.78 is 0. The largest absolute Gasteiger partial charge is 0.368 e. The summed E-state index contributed by atoms with van der Waals surface area (Å²) in [6.07, 6.45) is 0. The van der Waals surface area contributed by atoms with E-state index >= 15 is 0 Å². The Bertz CT molecular complexity index is 188. The van der Waals surface area contributed by atoms with E-state index in [1.807, 2.05) is 6.79 Å². The quantitative estimate of drug-likeness (QED) is 0.505. The fourth-order valence-electron chi connectivity index (χ4n) is 0.524. The number of hydrogen-bond donors (Lipinski definition) is 2. The van der Waals surface area contributed by atoms with Crippen molar-refractivity contribution in [2.75, 3.05) is 11.5 Å². The van der Waals surface area contributed by atoms with Crippen LogP contribution in [0.25, 0.3) is 0 Å². The molecular weight excluding hydrogens is 146 g/mol. The lowest BCUT2D eigenvalue weighted by Gasteiger charge is -1.93. The van der Waals surface area contributed by atoms with Crippen molar-refractivity contribution in [3.8, 4) is 0 Å². The first kappa shape index (κ1) is 9.28. The van der Waals surface area contributed by atoms with Crippen LogP contribution in [0.5, 0.6) is 0 Å². The molecule has 11 heavy (non-hydrogen) atoms. The molecule has 60 valence electrons. The first-order valence-electron chi connectivity index (χ1n) is 2.71. The lowest BCUT2D eigenvalue weighted by atomic mass is 10.7. The number of nitrogens with two attached hydrogens (primary N) is 2. The molecule has 0 spiro atoms. The SMILES string of the molecule is C=O.Cc1nc(N)nc(N)n1. The molecule has 6 nitrogen and oxygen atoms in total. The maximum Gasteiger partial charge on any atom is 0.225 e. The number of nitrogens with zero attached hydrogens (tertiary/aromatic N) is 3. The van der Waals surface area contributed by atoms with Gasteiger partial charge in [0.05, 0.1) is 0 Å². The van der Waals surface area contributed by atoms with Crippen molar-refractivity contribution in [3.05, 3.63) is 5.82 Å². The molecule has 0 aromatic carbocycles. The molecule has 0 fully saturated rings. The number of aryl methyl sites for hydroxylation is 1. The van der Waals surface area contributed by atoms with Crippen LogP contribution in [-0.4, -0.2) is 21.7 Å². The summed E-state index contributed by atoms with van der Waals surface area (Å²) in [6.45, 7) is 3.70. The molecule has 1 aromatic rings. The highest BCUT2D eigenvalue weighted by Crippen LogP contribution is 1.94. The summed E-state index contributed by atoms with van der Waals surface area (Å²) in [7, 11) is 0. The van der Waals surface area contributed by atoms with Gasteiger partial charge in [-0.2, -0.15) is 15.0 Å². The van der Waals surface area contributed by atoms with Crippen LogP contribution in [0.4, 0.5) is 11.9 Å². The standard InChI is InChI=1S/C4H7N5.CH2O/c1-2-7-3(5)9-4(6)8-2;1-2/h1H3,(H4,5,6,7,8,9);1H2. The summed E-state index contributed by atoms with van der Waals surface area (Å²) in [5.74, 6) is 0.875. The third-order valence-electron chi connectivity index (χ3n) is 0.782. The number of nitrogen functional groups attached to an aromatic ring is 2. The van der Waals surface area contributed by atoms with Crippen molar-refractivity contribution in [1.82, 2.24) is 15.0 Å². The monoisotopic (exact) mass is 155 g/mol. The third-order valence-corrected chi connectivity index (χ3v) is 0.782. The predicted molar refractivity (Wildman–Crippen MR) is 40.5 cm³/mol. The molecule has 6 heteroatoms. The van der Waals surface area contributed by atoms with Crippen LogP contribution in [0, 0.1) is 6.92 Å². The number of carbonyl (C=O) groups is 1. The van der Waals surface area contributed by atoms with Crippen LogP contribution in [0.3, 0.4) is 0 Å². The molecule has 4 N–H and O–H groups in total. The van der Waals surface area contributed by atoms with Crippen molar-refractivity contribution in [2.45, 2.75) is 6.92 Å². The second-order valence-electron chi connectivity index (χ2n) is 1.60. The molecule has 0 radical (unpaired) electrons. The van der Waals surface area contributed by atoms with E-state index in [4.69, 9.17) is 16.3 Å². The minimum atomic E-state index is 0.167. The molecule has 0 atom stereocenters. The van der Waals surface area contributed by atoms with Gasteiger partial charge in [0.25, 0.3) is 0 Å². The zero-order chi connectivity index (χ0) is 8.85. The molecule has 1 heterocycles. The molecule has 1 rings (SSSR count). The molecular formula is C5H9N5O. The minimum Gasteiger partial charge on any atom is -0.368 e. The van der Waals surface area contributed by atoms with Crippen LogP contribution in [0.2, 0.25) is 0 Å². The highest BCUT2D eigenvalue weighted by atomic mass is 16.1. The molecule has 0 saturated heterocycles. The highest BCUT2D eigenvalue weighted by Gasteiger charge is 1.93. The van der Waals surface area contributed by atoms with Gasteiger partial charge in [-0.1, -0.05) is 0 Å². The Kier molecular flexibility index (Phi) is 3.50. The van der Waals surface area contributed by atoms with Crippen molar-refractivity contribution in [3.63, 3.8) is 0 Å². The number of aromatic nitrogens is 3. The Morgan fingerprint density at radius 3 is 1.73 bits per heavy atom. The van der Waals surface area contributed by atoms with Gasteiger partial charge in [-0.05, 0) is 6.92 Å². The molecule has 0 unspecified atom stereocenters. The normalized spacial score (nSPS) is 8.09. The Balaban J connectivity index is 0.000000461. The molecule has 1 aromatic heterocycles. The van der Waals surface area contributed by atoms with E-state index in [1.54, 1.807) is 6.92 Å². The van der Waals surface area contributed by atoms with Gasteiger partial charge in [0, 0.05) is 0 Å². The molecule has 0 aliphatic rings. The number of rotatable bonds is 0. The fourth-order valence-corrected chi connectivity index (χ4v) is 0.524. The van der Waals surface area contributed by atoms with Crippen LogP contribution in [-0.2, 0) is 4.79 Å². The summed E-state index contributed by atoms with van der Waals surface area (Å²) >= 11 is 0. The van der Waals surface area contributed by atoms with Crippen LogP contribution < -0.4 is 11.5 Å². The van der Waals surface area contributed by atoms with Gasteiger partial charge >= 0.3 is 0 Å². The Morgan fingerprint density at radius 1 is 1.09 bits per heavy atom. The maximum absolute atomic E-state index is 8.00. The topological polar surface area (TPSA) is 108 Å². The summed E-state index contributed by atoms with van der Waals surface area (Å²) in [5, 5.41) is 0. The Hall–Kier alpha value is -1.72. The Labute approximate surface area is 63.7 Å². The zero-order valence-electron chi connectivity index (χ0n) is 6.11. The maximum atomic E-state index is 8.00. The van der Waals surface area contributed by atoms with E-state index < -0.39 is 0 Å². The van der Waals surface area contributed by atoms with Crippen LogP contribution >= 0.6 is 0 Å². The van der Waals surface area contributed by atoms with Gasteiger partial charge < -0.3 is 16.3 Å². The van der Waals surface area contributed by atoms with Gasteiger partial charge in [0.2, 0.25) is 11.9 Å². The first-order chi connectivity index (χ1) is 5.18. The van der Waals surface area contributed by atoms with Crippen molar-refractivity contribution >= 4 is 18.7 Å². The molecule has 0 saturated carbocycles. The molecule has 0 aliphatic heterocycles. The zero-order valence-corrected chi connectivity index (χ0v) is 6.11. The van der Waals surface area contributed by atoms with Gasteiger partial charge in [0.1, 0.15) is 12.6 Å². The first-order valence-corrected chi connectivity index (χ1v) is 2.71. The molecule has 0 aliphatic carbocycles. The summed E-state index contributed by atoms with van der Waals surface area (Å²) in [4.78, 5) is 19.0. The summed E-state index contributed by atoms with van der Waals surface area (Å²) in [5.41, 5.74) is 10.4. The second-order valence-corrected chi connectivity index (χ2v) is 1.60. The number of hydrogen-bond acceptors (Lipinski definition) is 6. The highest BCUT2D eigenvalue weighted by molar-refractivity contribution is 5.25. The molecule has 0 amide bonds. The van der Waals surface area contributed by atoms with Crippen molar-refractivity contribution in [1.29, 1.82) is 0 Å². The van der Waals surface area contributed by atoms with Gasteiger partial charge in [-0.25, -0.2) is 0 Å². The van der Waals surface area contributed by atoms with Gasteiger partial charge in [-0.3, -0.25) is 0 Å². The minimum absolute atomic E-state index is 0.167. The number of anilines is 2. The second kappa shape index (κ2) is 4.15. The Morgan fingerprint density at radius 2 is 1.45 bits per heavy atom. The average molecular weight is 155 g/mol. The van der Waals surface area contributed by atoms with Gasteiger partial charge in [0.15, 0.2) is 0 Å². The van der Waals surface area contributed by atoms with Crippen molar-refractivity contribution < 1.29 is 4.79 Å². The predicted octanol–water partition coefficient (Wildman–Crippen LogP) is -0.840. The summed E-state index contributed by atoms with van der Waals surface area (Å²) in [6, 6.07) is 0. The fraction of sp³-hybridized carbons (Fsp3) is 0.200. The van der Waals surface area contributed by atoms with E-state index in [9.17, 15) is 0 Å². The smallest absolute Gasteiger partial charge is 0.225 e. The molecule has 0 bridgehead atoms. The van der Waals surface area contributed by atoms with E-state index in [0.717, 1.165) is 0 Å². The average Bonchev–Trinajstić information content (AvgIpc) is 1.88. The van der Waals surface area contributed by atoms with E-state index in [1.165, 1.54) is 0 Å². The van der Waals surface area contributed by atoms with Crippen molar-refractivity contribution in [2.24, 2.45) is 0 Å². The van der Waals surface area contributed by atoms with E-state index in [2.05, 4.69) is 15.0 Å².